The maximum atomic E-state index is 13.0. The molecule has 3 aromatic rings. The Morgan fingerprint density at radius 2 is 1.28 bits per heavy atom. The van der Waals surface area contributed by atoms with Crippen LogP contribution in [0.4, 0.5) is 0 Å². The zero-order chi connectivity index (χ0) is 33.6. The highest BCUT2D eigenvalue weighted by atomic mass is 16.7. The zero-order valence-corrected chi connectivity index (χ0v) is 23.4. The molecule has 1 aromatic heterocycles. The molecule has 0 radical (unpaired) electrons. The number of aliphatic hydroxyl groups excluding tert-OH is 6. The second-order valence-corrected chi connectivity index (χ2v) is 10.4. The number of carbonyl (C=O) groups is 2. The summed E-state index contributed by atoms with van der Waals surface area (Å²) in [6.07, 6.45) is -18.9. The van der Waals surface area contributed by atoms with Crippen LogP contribution in [0.2, 0.25) is 0 Å². The number of hydrogen-bond acceptors (Lipinski definition) is 16. The lowest BCUT2D eigenvalue weighted by Crippen LogP contribution is -2.61. The molecule has 46 heavy (non-hydrogen) atoms. The first kappa shape index (κ1) is 32.9. The number of phenols is 1. The quantitative estimate of drug-likeness (QED) is 0.124. The predicted octanol–water partition coefficient (Wildman–Crippen LogP) is -2.28. The Balaban J connectivity index is 1.44. The van der Waals surface area contributed by atoms with Gasteiger partial charge in [0.05, 0.1) is 7.11 Å². The summed E-state index contributed by atoms with van der Waals surface area (Å²) in [5.74, 6) is -4.34. The van der Waals surface area contributed by atoms with E-state index in [9.17, 15) is 60.3 Å². The predicted molar refractivity (Wildman–Crippen MR) is 146 cm³/mol. The number of phenolic OH excluding ortho intramolecular Hbond substituents is 1. The van der Waals surface area contributed by atoms with Gasteiger partial charge in [-0.2, -0.15) is 0 Å². The molecule has 9 N–H and O–H groups in total. The number of fused-ring (bicyclic) bond motifs is 1. The summed E-state index contributed by atoms with van der Waals surface area (Å²) in [5, 5.41) is 89.2. The molecule has 2 aromatic carbocycles. The van der Waals surface area contributed by atoms with Crippen molar-refractivity contribution < 1.29 is 83.6 Å². The minimum Gasteiger partial charge on any atom is -0.507 e. The van der Waals surface area contributed by atoms with E-state index in [1.807, 2.05) is 0 Å². The van der Waals surface area contributed by atoms with Crippen molar-refractivity contribution in [3.63, 3.8) is 0 Å². The van der Waals surface area contributed by atoms with E-state index in [4.69, 9.17) is 28.1 Å². The molecule has 2 aliphatic heterocycles. The Labute approximate surface area is 256 Å². The Morgan fingerprint density at radius 1 is 0.717 bits per heavy atom. The van der Waals surface area contributed by atoms with Gasteiger partial charge in [0.2, 0.25) is 12.6 Å². The van der Waals surface area contributed by atoms with Gasteiger partial charge >= 0.3 is 11.9 Å². The average molecular weight is 653 g/mol. The Hall–Kier alpha value is -4.53. The SMILES string of the molecule is COc1cc(-c2cc(=O)c3c(O)cc(O[C@@H]4O[C@H](C(=O)O)[C@@H](O)[C@H](O)[C@H]4O)cc3o2)ccc1O[C@@H]1O[C@H](C(=O)O)[C@@H](O)[C@H](O)[C@H]1O. The molecule has 0 spiro atoms. The van der Waals surface area contributed by atoms with Gasteiger partial charge in [0, 0.05) is 23.8 Å². The number of carboxylic acids is 2. The topological polar surface area (TPSA) is 293 Å². The molecule has 0 saturated carbocycles. The van der Waals surface area contributed by atoms with Crippen LogP contribution in [0.3, 0.4) is 0 Å². The lowest BCUT2D eigenvalue weighted by molar-refractivity contribution is -0.271. The van der Waals surface area contributed by atoms with Crippen LogP contribution in [0.5, 0.6) is 23.0 Å². The van der Waals surface area contributed by atoms with E-state index in [-0.39, 0.29) is 39.5 Å². The molecule has 2 aliphatic rings. The molecule has 0 aliphatic carbocycles. The van der Waals surface area contributed by atoms with Crippen LogP contribution in [0.25, 0.3) is 22.3 Å². The number of aromatic hydroxyl groups is 1. The van der Waals surface area contributed by atoms with Crippen molar-refractivity contribution >= 4 is 22.9 Å². The van der Waals surface area contributed by atoms with E-state index in [1.54, 1.807) is 0 Å². The Bertz CT molecular complexity index is 1690. The highest BCUT2D eigenvalue weighted by molar-refractivity contribution is 5.86. The molecule has 0 bridgehead atoms. The highest BCUT2D eigenvalue weighted by Gasteiger charge is 2.49. The summed E-state index contributed by atoms with van der Waals surface area (Å²) < 4.78 is 32.3. The van der Waals surface area contributed by atoms with E-state index in [0.29, 0.717) is 0 Å². The highest BCUT2D eigenvalue weighted by Crippen LogP contribution is 2.37. The van der Waals surface area contributed by atoms with Gasteiger partial charge in [-0.05, 0) is 18.2 Å². The van der Waals surface area contributed by atoms with Gasteiger partial charge in [-0.25, -0.2) is 9.59 Å². The molecule has 2 fully saturated rings. The first-order chi connectivity index (χ1) is 21.7. The number of hydrogen-bond donors (Lipinski definition) is 9. The maximum absolute atomic E-state index is 13.0. The van der Waals surface area contributed by atoms with Gasteiger partial charge in [-0.1, -0.05) is 0 Å². The van der Waals surface area contributed by atoms with Crippen molar-refractivity contribution in [2.75, 3.05) is 7.11 Å². The van der Waals surface area contributed by atoms with Gasteiger partial charge < -0.3 is 74.1 Å². The van der Waals surface area contributed by atoms with Crippen LogP contribution in [-0.4, -0.2) is 126 Å². The van der Waals surface area contributed by atoms with Crippen LogP contribution in [0.15, 0.2) is 45.6 Å². The molecule has 248 valence electrons. The smallest absolute Gasteiger partial charge is 0.335 e. The number of carboxylic acid groups (broad SMARTS) is 2. The average Bonchev–Trinajstić information content (AvgIpc) is 3.00. The fourth-order valence-electron chi connectivity index (χ4n) is 4.93. The summed E-state index contributed by atoms with van der Waals surface area (Å²) in [5.41, 5.74) is -0.724. The van der Waals surface area contributed by atoms with Crippen molar-refractivity contribution in [2.24, 2.45) is 0 Å². The summed E-state index contributed by atoms with van der Waals surface area (Å²) in [6.45, 7) is 0. The monoisotopic (exact) mass is 652 g/mol. The Kier molecular flexibility index (Phi) is 9.07. The van der Waals surface area contributed by atoms with Crippen molar-refractivity contribution in [3.8, 4) is 34.3 Å². The molecular weight excluding hydrogens is 624 g/mol. The minimum absolute atomic E-state index is 0.0272. The van der Waals surface area contributed by atoms with E-state index in [1.165, 1.54) is 25.3 Å². The zero-order valence-electron chi connectivity index (χ0n) is 23.4. The van der Waals surface area contributed by atoms with E-state index in [0.717, 1.165) is 18.2 Å². The molecule has 18 nitrogen and oxygen atoms in total. The first-order valence-corrected chi connectivity index (χ1v) is 13.4. The van der Waals surface area contributed by atoms with E-state index < -0.39 is 84.5 Å². The molecule has 10 atom stereocenters. The van der Waals surface area contributed by atoms with Gasteiger partial charge in [-0.3, -0.25) is 4.79 Å². The van der Waals surface area contributed by atoms with Gasteiger partial charge in [-0.15, -0.1) is 0 Å². The van der Waals surface area contributed by atoms with E-state index >= 15 is 0 Å². The summed E-state index contributed by atoms with van der Waals surface area (Å²) in [4.78, 5) is 35.8. The lowest BCUT2D eigenvalue weighted by Gasteiger charge is -2.38. The summed E-state index contributed by atoms with van der Waals surface area (Å²) in [7, 11) is 1.24. The van der Waals surface area contributed by atoms with Gasteiger partial charge in [0.25, 0.3) is 0 Å². The second kappa shape index (κ2) is 12.7. The molecular formula is C28H28O18. The molecule has 18 heteroatoms. The number of benzene rings is 2. The third-order valence-electron chi connectivity index (χ3n) is 7.35. The molecule has 3 heterocycles. The van der Waals surface area contributed by atoms with Crippen LogP contribution in [0, 0.1) is 0 Å². The summed E-state index contributed by atoms with van der Waals surface area (Å²) >= 11 is 0. The molecule has 2 saturated heterocycles. The van der Waals surface area contributed by atoms with Crippen LogP contribution in [-0.2, 0) is 19.1 Å². The summed E-state index contributed by atoms with van der Waals surface area (Å²) in [6, 6.07) is 7.13. The number of methoxy groups -OCH3 is 1. The largest absolute Gasteiger partial charge is 0.507 e. The second-order valence-electron chi connectivity index (χ2n) is 10.4. The third-order valence-corrected chi connectivity index (χ3v) is 7.35. The fraction of sp³-hybridized carbons (Fsp3) is 0.393. The molecule has 0 amide bonds. The van der Waals surface area contributed by atoms with Crippen LogP contribution < -0.4 is 19.6 Å². The molecule has 5 rings (SSSR count). The maximum Gasteiger partial charge on any atom is 0.335 e. The Morgan fingerprint density at radius 3 is 1.83 bits per heavy atom. The number of aliphatic carboxylic acids is 2. The van der Waals surface area contributed by atoms with Crippen LogP contribution >= 0.6 is 0 Å². The van der Waals surface area contributed by atoms with Gasteiger partial charge in [0.1, 0.15) is 64.9 Å². The lowest BCUT2D eigenvalue weighted by atomic mass is 9.99. The third kappa shape index (κ3) is 6.02. The van der Waals surface area contributed by atoms with Crippen molar-refractivity contribution in [1.29, 1.82) is 0 Å². The minimum atomic E-state index is -1.96. The first-order valence-electron chi connectivity index (χ1n) is 13.4. The van der Waals surface area contributed by atoms with Crippen molar-refractivity contribution in [3.05, 3.63) is 46.6 Å². The number of ether oxygens (including phenoxy) is 5. The van der Waals surface area contributed by atoms with Crippen LogP contribution in [0.1, 0.15) is 0 Å². The normalized spacial score (nSPS) is 31.3. The number of aliphatic hydroxyl groups is 6. The van der Waals surface area contributed by atoms with Crippen molar-refractivity contribution in [1.82, 2.24) is 0 Å². The number of rotatable bonds is 8. The fourth-order valence-corrected chi connectivity index (χ4v) is 4.93. The van der Waals surface area contributed by atoms with Crippen molar-refractivity contribution in [2.45, 2.75) is 61.4 Å². The standard InChI is InChI=1S/C28H28O18/c1-41-14-4-8(2-3-12(14)44-28-22(36)18(32)20(34)24(46-28)26(39)40)13-7-11(30)16-10(29)5-9(6-15(16)43-13)42-27-21(35)17(31)19(33)23(45-27)25(37)38/h2-7,17-24,27-29,31-36H,1H3,(H,37,38)(H,39,40)/t17-,18-,19-,20-,21+,22+,23-,24-,27+,28+/m0/s1. The van der Waals surface area contributed by atoms with Gasteiger partial charge in [0.15, 0.2) is 29.1 Å². The van der Waals surface area contributed by atoms with E-state index in [2.05, 4.69) is 0 Å². The molecule has 0 unspecified atom stereocenters.